The Bertz CT molecular complexity index is 1280. The van der Waals surface area contributed by atoms with Crippen molar-refractivity contribution in [3.05, 3.63) is 95.6 Å². The molecular weight excluding hydrogens is 502 g/mol. The van der Waals surface area contributed by atoms with Crippen molar-refractivity contribution in [2.45, 2.75) is 31.3 Å². The van der Waals surface area contributed by atoms with E-state index in [9.17, 15) is 14.7 Å². The van der Waals surface area contributed by atoms with Crippen molar-refractivity contribution < 1.29 is 38.7 Å². The molecule has 0 radical (unpaired) electrons. The number of benzene rings is 3. The first-order chi connectivity index (χ1) is 18.8. The van der Waals surface area contributed by atoms with E-state index >= 15 is 0 Å². The van der Waals surface area contributed by atoms with Gasteiger partial charge in [-0.1, -0.05) is 54.6 Å². The molecule has 3 aromatic rings. The van der Waals surface area contributed by atoms with Gasteiger partial charge in [-0.2, -0.15) is 4.89 Å². The summed E-state index contributed by atoms with van der Waals surface area (Å²) >= 11 is 0. The zero-order valence-corrected chi connectivity index (χ0v) is 22.1. The average molecular weight is 534 g/mol. The Kier molecular flexibility index (Phi) is 7.07. The van der Waals surface area contributed by atoms with E-state index in [-0.39, 0.29) is 26.1 Å². The first-order valence-electron chi connectivity index (χ1n) is 12.7. The second-order valence-electron chi connectivity index (χ2n) is 9.68. The molecule has 0 aliphatic carbocycles. The number of hydrogen-bond acceptors (Lipinski definition) is 8. The lowest BCUT2D eigenvalue weighted by Crippen LogP contribution is -2.64. The summed E-state index contributed by atoms with van der Waals surface area (Å²) in [5.41, 5.74) is -1.54. The Morgan fingerprint density at radius 2 is 1.46 bits per heavy atom. The maximum Gasteiger partial charge on any atom is 0.327 e. The quantitative estimate of drug-likeness (QED) is 0.266. The topological polar surface area (TPSA) is 104 Å². The molecule has 1 N–H and O–H groups in total. The van der Waals surface area contributed by atoms with Gasteiger partial charge in [-0.25, -0.2) is 4.89 Å². The summed E-state index contributed by atoms with van der Waals surface area (Å²) in [5, 5.41) is 11.8. The molecule has 5 rings (SSSR count). The van der Waals surface area contributed by atoms with Crippen molar-refractivity contribution in [3.63, 3.8) is 0 Å². The van der Waals surface area contributed by atoms with Crippen LogP contribution in [0, 0.1) is 5.41 Å². The van der Waals surface area contributed by atoms with Crippen LogP contribution < -0.4 is 9.47 Å². The summed E-state index contributed by atoms with van der Waals surface area (Å²) in [4.78, 5) is 41.2. The number of carbonyl (C=O) groups excluding carboxylic acids is 2. The molecule has 39 heavy (non-hydrogen) atoms. The van der Waals surface area contributed by atoms with Gasteiger partial charge >= 0.3 is 5.97 Å². The summed E-state index contributed by atoms with van der Waals surface area (Å²) in [6, 6.07) is 23.4. The second kappa shape index (κ2) is 10.3. The van der Waals surface area contributed by atoms with Gasteiger partial charge in [0.1, 0.15) is 11.5 Å². The highest BCUT2D eigenvalue weighted by Gasteiger charge is 2.76. The predicted octanol–water partition coefficient (Wildman–Crippen LogP) is 3.58. The molecule has 2 fully saturated rings. The van der Waals surface area contributed by atoms with Crippen LogP contribution >= 0.6 is 0 Å². The SMILES string of the molecule is CCOC(=O)[C@]12CC(c3ccc(OC)cc3)(c3ccc(OC)cc3)OO[C@@]1(O)CN(Cc1ccccc1)C2=O. The van der Waals surface area contributed by atoms with Crippen LogP contribution in [0.5, 0.6) is 11.5 Å². The van der Waals surface area contributed by atoms with Gasteiger partial charge in [0.2, 0.25) is 17.1 Å². The molecule has 3 aromatic carbocycles. The zero-order valence-electron chi connectivity index (χ0n) is 22.1. The van der Waals surface area contributed by atoms with Crippen molar-refractivity contribution in [3.8, 4) is 11.5 Å². The first kappa shape index (κ1) is 26.7. The number of rotatable bonds is 8. The van der Waals surface area contributed by atoms with Crippen LogP contribution in [0.1, 0.15) is 30.0 Å². The summed E-state index contributed by atoms with van der Waals surface area (Å²) in [6.45, 7) is 1.56. The molecule has 0 saturated carbocycles. The van der Waals surface area contributed by atoms with Crippen molar-refractivity contribution in [2.24, 2.45) is 5.41 Å². The Labute approximate surface area is 226 Å². The number of ether oxygens (including phenoxy) is 3. The number of methoxy groups -OCH3 is 2. The highest BCUT2D eigenvalue weighted by Crippen LogP contribution is 2.57. The fourth-order valence-electron chi connectivity index (χ4n) is 5.45. The number of likely N-dealkylation sites (tertiary alicyclic amines) is 1. The summed E-state index contributed by atoms with van der Waals surface area (Å²) in [5.74, 6) is -2.52. The average Bonchev–Trinajstić information content (AvgIpc) is 3.19. The van der Waals surface area contributed by atoms with E-state index in [1.165, 1.54) is 4.90 Å². The van der Waals surface area contributed by atoms with Crippen LogP contribution in [-0.4, -0.2) is 55.0 Å². The number of fused-ring (bicyclic) bond motifs is 1. The van der Waals surface area contributed by atoms with Gasteiger partial charge in [-0.3, -0.25) is 9.59 Å². The van der Waals surface area contributed by atoms with E-state index < -0.39 is 28.7 Å². The number of hydrogen-bond donors (Lipinski definition) is 1. The van der Waals surface area contributed by atoms with Gasteiger partial charge in [-0.05, 0) is 47.9 Å². The van der Waals surface area contributed by atoms with Gasteiger partial charge in [-0.15, -0.1) is 0 Å². The fraction of sp³-hybridized carbons (Fsp3) is 0.333. The van der Waals surface area contributed by atoms with E-state index in [1.54, 1.807) is 69.7 Å². The van der Waals surface area contributed by atoms with Gasteiger partial charge < -0.3 is 24.2 Å². The molecule has 9 heteroatoms. The van der Waals surface area contributed by atoms with E-state index in [0.29, 0.717) is 22.6 Å². The van der Waals surface area contributed by atoms with Gasteiger partial charge in [0.05, 0.1) is 27.4 Å². The Morgan fingerprint density at radius 1 is 0.897 bits per heavy atom. The van der Waals surface area contributed by atoms with Gasteiger partial charge in [0, 0.05) is 13.0 Å². The number of esters is 1. The monoisotopic (exact) mass is 533 g/mol. The van der Waals surface area contributed by atoms with E-state index in [1.807, 2.05) is 30.3 Å². The minimum atomic E-state index is -2.28. The van der Waals surface area contributed by atoms with Crippen molar-refractivity contribution in [1.82, 2.24) is 4.90 Å². The normalized spacial score (nSPS) is 23.7. The van der Waals surface area contributed by atoms with Crippen LogP contribution in [0.3, 0.4) is 0 Å². The molecule has 0 unspecified atom stereocenters. The summed E-state index contributed by atoms with van der Waals surface area (Å²) in [6.07, 6.45) is -0.266. The predicted molar refractivity (Wildman–Crippen MR) is 139 cm³/mol. The van der Waals surface area contributed by atoms with Crippen molar-refractivity contribution in [1.29, 1.82) is 0 Å². The molecule has 204 valence electrons. The van der Waals surface area contributed by atoms with E-state index in [2.05, 4.69) is 0 Å². The molecule has 0 spiro atoms. The molecule has 2 heterocycles. The third-order valence-electron chi connectivity index (χ3n) is 7.51. The lowest BCUT2D eigenvalue weighted by Gasteiger charge is -2.48. The Balaban J connectivity index is 1.65. The molecule has 2 aliphatic rings. The van der Waals surface area contributed by atoms with Gasteiger partial charge in [0.25, 0.3) is 0 Å². The molecule has 2 aliphatic heterocycles. The molecule has 2 saturated heterocycles. The number of amides is 1. The van der Waals surface area contributed by atoms with E-state index in [4.69, 9.17) is 24.0 Å². The largest absolute Gasteiger partial charge is 0.497 e. The van der Waals surface area contributed by atoms with Crippen LogP contribution in [0.2, 0.25) is 0 Å². The molecular formula is C30H31NO8. The molecule has 9 nitrogen and oxygen atoms in total. The second-order valence-corrected chi connectivity index (χ2v) is 9.68. The van der Waals surface area contributed by atoms with Crippen LogP contribution in [-0.2, 0) is 36.2 Å². The first-order valence-corrected chi connectivity index (χ1v) is 12.7. The Morgan fingerprint density at radius 3 is 1.97 bits per heavy atom. The molecule has 0 aromatic heterocycles. The third-order valence-corrected chi connectivity index (χ3v) is 7.51. The zero-order chi connectivity index (χ0) is 27.7. The maximum atomic E-state index is 14.2. The standard InChI is InChI=1S/C30H31NO8/c1-4-37-27(33)28-19-29(22-10-14-24(35-2)15-11-22,23-12-16-25(36-3)17-13-23)38-39-30(28,34)20-31(26(28)32)18-21-8-6-5-7-9-21/h5-17,34H,4,18-20H2,1-3H3/t28-,30+/m1/s1. The fourth-order valence-corrected chi connectivity index (χ4v) is 5.45. The summed E-state index contributed by atoms with van der Waals surface area (Å²) in [7, 11) is 3.12. The van der Waals surface area contributed by atoms with Crippen LogP contribution in [0.4, 0.5) is 0 Å². The number of aliphatic hydroxyl groups is 1. The Hall–Kier alpha value is -3.92. The smallest absolute Gasteiger partial charge is 0.327 e. The lowest BCUT2D eigenvalue weighted by molar-refractivity contribution is -0.497. The minimum absolute atomic E-state index is 0.0154. The van der Waals surface area contributed by atoms with Crippen molar-refractivity contribution >= 4 is 11.9 Å². The van der Waals surface area contributed by atoms with Gasteiger partial charge in [0.15, 0.2) is 5.60 Å². The third kappa shape index (κ3) is 4.32. The minimum Gasteiger partial charge on any atom is -0.497 e. The molecule has 1 amide bonds. The highest BCUT2D eigenvalue weighted by molar-refractivity contribution is 6.06. The van der Waals surface area contributed by atoms with Crippen molar-refractivity contribution in [2.75, 3.05) is 27.4 Å². The molecule has 0 bridgehead atoms. The lowest BCUT2D eigenvalue weighted by atomic mass is 9.67. The number of carbonyl (C=O) groups is 2. The number of nitrogens with zero attached hydrogens (tertiary/aromatic N) is 1. The van der Waals surface area contributed by atoms with E-state index in [0.717, 1.165) is 5.56 Å². The molecule has 2 atom stereocenters. The summed E-state index contributed by atoms with van der Waals surface area (Å²) < 4.78 is 16.1. The highest BCUT2D eigenvalue weighted by atomic mass is 17.2. The van der Waals surface area contributed by atoms with Crippen LogP contribution in [0.25, 0.3) is 0 Å². The maximum absolute atomic E-state index is 14.2. The van der Waals surface area contributed by atoms with Crippen LogP contribution in [0.15, 0.2) is 78.9 Å². The number of β-amino-alcohol motifs (C(OH)–C–C–N with tert-alkyl or cyclic N) is 1.